The molecule has 0 fully saturated rings. The van der Waals surface area contributed by atoms with E-state index in [2.05, 4.69) is 4.99 Å². The molecule has 1 N–H and O–H groups in total. The summed E-state index contributed by atoms with van der Waals surface area (Å²) in [6.07, 6.45) is 3.08. The Morgan fingerprint density at radius 1 is 2.17 bits per heavy atom. The molecule has 0 radical (unpaired) electrons. The summed E-state index contributed by atoms with van der Waals surface area (Å²) >= 11 is 0. The van der Waals surface area contributed by atoms with Crippen molar-refractivity contribution < 1.29 is 2.78 Å². The first-order chi connectivity index (χ1) is 3.80. The zero-order valence-corrected chi connectivity index (χ0v) is 3.26. The number of hydrogen-bond acceptors (Lipinski definition) is 2. The van der Waals surface area contributed by atoms with Gasteiger partial charge in [-0.25, -0.2) is 0 Å². The molecule has 0 atom stereocenters. The number of hydrogen-bond donors (Lipinski definition) is 1. The molecular formula is C4H6N2. The maximum atomic E-state index is 6.96. The zero-order chi connectivity index (χ0) is 5.98. The van der Waals surface area contributed by atoms with Crippen molar-refractivity contribution >= 4 is 6.21 Å². The number of nitrogens with one attached hydrogen (secondary N) is 1. The van der Waals surface area contributed by atoms with Crippen LogP contribution in [0.25, 0.3) is 0 Å². The second kappa shape index (κ2) is 1.60. The monoisotopic (exact) mass is 84.1 g/mol. The van der Waals surface area contributed by atoms with Crippen molar-refractivity contribution in [3.8, 4) is 0 Å². The molecule has 1 aliphatic heterocycles. The van der Waals surface area contributed by atoms with Gasteiger partial charge in [0.25, 0.3) is 0 Å². The van der Waals surface area contributed by atoms with Crippen LogP contribution in [0.15, 0.2) is 17.4 Å². The lowest BCUT2D eigenvalue weighted by molar-refractivity contribution is 1.01. The lowest BCUT2D eigenvalue weighted by atomic mass is 10.6. The van der Waals surface area contributed by atoms with Gasteiger partial charge in [0, 0.05) is 25.1 Å². The Morgan fingerprint density at radius 2 is 3.17 bits per heavy atom. The summed E-state index contributed by atoms with van der Waals surface area (Å²) in [5, 5.41) is 1.06. The Kier molecular flexibility index (Phi) is 0.473. The minimum Gasteiger partial charge on any atom is -0.385 e. The SMILES string of the molecule is [2H]C1=CN=CCN1[2H]. The topological polar surface area (TPSA) is 24.4 Å². The molecule has 0 aromatic carbocycles. The molecule has 1 heterocycles. The van der Waals surface area contributed by atoms with E-state index in [-0.39, 0.29) is 6.18 Å². The van der Waals surface area contributed by atoms with Crippen LogP contribution in [0.3, 0.4) is 0 Å². The van der Waals surface area contributed by atoms with Crippen molar-refractivity contribution in [3.05, 3.63) is 12.4 Å². The molecule has 2 nitrogen and oxygen atoms in total. The van der Waals surface area contributed by atoms with E-state index in [9.17, 15) is 0 Å². The highest BCUT2D eigenvalue weighted by Gasteiger charge is 1.74. The van der Waals surface area contributed by atoms with Crippen molar-refractivity contribution in [1.82, 2.24) is 5.31 Å². The summed E-state index contributed by atoms with van der Waals surface area (Å²) in [4.78, 5) is 3.67. The van der Waals surface area contributed by atoms with Crippen molar-refractivity contribution in [1.29, 1.82) is 0 Å². The first kappa shape index (κ1) is 1.78. The van der Waals surface area contributed by atoms with Gasteiger partial charge in [0.2, 0.25) is 0 Å². The number of aliphatic imine (C=N–C) groups is 1. The third-order valence-electron chi connectivity index (χ3n) is 0.502. The van der Waals surface area contributed by atoms with Gasteiger partial charge in [-0.1, -0.05) is 0 Å². The molecule has 0 unspecified atom stereocenters. The molecule has 32 valence electrons. The van der Waals surface area contributed by atoms with Crippen LogP contribution in [0, 0.1) is 0 Å². The second-order valence-corrected chi connectivity index (χ2v) is 0.931. The fourth-order valence-corrected chi connectivity index (χ4v) is 0.268. The Bertz CT molecular complexity index is 141. The van der Waals surface area contributed by atoms with Crippen LogP contribution in [0.5, 0.6) is 0 Å². The van der Waals surface area contributed by atoms with Crippen LogP contribution >= 0.6 is 0 Å². The van der Waals surface area contributed by atoms with Gasteiger partial charge in [0.05, 0.1) is 1.37 Å². The molecule has 0 spiro atoms. The fraction of sp³-hybridized carbons (Fsp3) is 0.250. The van der Waals surface area contributed by atoms with Gasteiger partial charge in [0.1, 0.15) is 0 Å². The minimum absolute atomic E-state index is 0.146. The number of nitrogens with zero attached hydrogens (tertiary/aromatic N) is 1. The van der Waals surface area contributed by atoms with Crippen LogP contribution in [0.2, 0.25) is 1.41 Å². The summed E-state index contributed by atoms with van der Waals surface area (Å²) < 4.78 is 13.9. The predicted octanol–water partition coefficient (Wildman–Crippen LogP) is 0.132. The summed E-state index contributed by atoms with van der Waals surface area (Å²) in [5.41, 5.74) is 0. The smallest absolute Gasteiger partial charge is 0.160 e. The summed E-state index contributed by atoms with van der Waals surface area (Å²) in [6, 6.07) is 0. The molecule has 0 saturated heterocycles. The van der Waals surface area contributed by atoms with Crippen LogP contribution < -0.4 is 5.31 Å². The molecule has 0 aromatic heterocycles. The van der Waals surface area contributed by atoms with E-state index in [4.69, 9.17) is 2.78 Å². The van der Waals surface area contributed by atoms with E-state index >= 15 is 0 Å². The van der Waals surface area contributed by atoms with Crippen molar-refractivity contribution in [3.63, 3.8) is 0 Å². The van der Waals surface area contributed by atoms with Crippen molar-refractivity contribution in [2.75, 3.05) is 6.54 Å². The molecule has 0 aliphatic carbocycles. The van der Waals surface area contributed by atoms with Gasteiger partial charge in [-0.15, -0.1) is 0 Å². The molecular weight excluding hydrogens is 76.1 g/mol. The van der Waals surface area contributed by atoms with E-state index in [1.807, 2.05) is 0 Å². The summed E-state index contributed by atoms with van der Waals surface area (Å²) in [7, 11) is 0. The Hall–Kier alpha value is -0.790. The van der Waals surface area contributed by atoms with E-state index in [1.54, 1.807) is 6.21 Å². The highest BCUT2D eigenvalue weighted by molar-refractivity contribution is 5.61. The Balaban J connectivity index is 2.66. The maximum absolute atomic E-state index is 6.96. The van der Waals surface area contributed by atoms with E-state index < -0.39 is 0 Å². The predicted molar refractivity (Wildman–Crippen MR) is 25.6 cm³/mol. The largest absolute Gasteiger partial charge is 0.385 e. The Morgan fingerprint density at radius 3 is 3.67 bits per heavy atom. The third-order valence-corrected chi connectivity index (χ3v) is 0.502. The van der Waals surface area contributed by atoms with Gasteiger partial charge in [-0.3, -0.25) is 4.99 Å². The van der Waals surface area contributed by atoms with Crippen molar-refractivity contribution in [2.45, 2.75) is 0 Å². The number of rotatable bonds is 0. The molecule has 0 amide bonds. The third kappa shape index (κ3) is 0.578. The van der Waals surface area contributed by atoms with E-state index in [0.29, 0.717) is 6.54 Å². The minimum atomic E-state index is 0.146. The molecule has 2 heteroatoms. The van der Waals surface area contributed by atoms with Gasteiger partial charge in [0.15, 0.2) is 1.41 Å². The van der Waals surface area contributed by atoms with Crippen LogP contribution in [-0.2, 0) is 0 Å². The first-order valence-electron chi connectivity index (χ1n) is 2.70. The lowest BCUT2D eigenvalue weighted by Gasteiger charge is -1.93. The first-order valence-corrected chi connectivity index (χ1v) is 1.75. The standard InChI is InChI=1S/C4H6N2/c1-2-6-4-3-5-1/h1-3,6H,4H2/i2D/hD. The van der Waals surface area contributed by atoms with E-state index in [0.717, 1.165) is 5.31 Å². The van der Waals surface area contributed by atoms with Crippen LogP contribution in [0.4, 0.5) is 0 Å². The molecule has 0 bridgehead atoms. The van der Waals surface area contributed by atoms with Gasteiger partial charge in [-0.05, 0) is 0 Å². The second-order valence-electron chi connectivity index (χ2n) is 0.931. The van der Waals surface area contributed by atoms with E-state index in [1.165, 1.54) is 6.20 Å². The molecule has 0 saturated carbocycles. The molecule has 0 aromatic rings. The molecule has 1 aliphatic rings. The highest BCUT2D eigenvalue weighted by Crippen LogP contribution is 1.73. The molecule has 6 heavy (non-hydrogen) atoms. The quantitative estimate of drug-likeness (QED) is 0.443. The van der Waals surface area contributed by atoms with Crippen LogP contribution in [-0.4, -0.2) is 12.8 Å². The van der Waals surface area contributed by atoms with Crippen LogP contribution in [0.1, 0.15) is 1.37 Å². The van der Waals surface area contributed by atoms with Gasteiger partial charge in [-0.2, -0.15) is 0 Å². The van der Waals surface area contributed by atoms with Gasteiger partial charge >= 0.3 is 0 Å². The summed E-state index contributed by atoms with van der Waals surface area (Å²) in [5.74, 6) is 0. The molecule has 1 rings (SSSR count). The average Bonchev–Trinajstić information content (AvgIpc) is 1.77. The zero-order valence-electron chi connectivity index (χ0n) is 5.26. The highest BCUT2D eigenvalue weighted by atomic mass is 14.9. The Labute approximate surface area is 39.5 Å². The summed E-state index contributed by atoms with van der Waals surface area (Å²) in [6.45, 7) is 0.426. The van der Waals surface area contributed by atoms with Crippen molar-refractivity contribution in [2.24, 2.45) is 4.99 Å². The lowest BCUT2D eigenvalue weighted by Crippen LogP contribution is -2.09. The fourth-order valence-electron chi connectivity index (χ4n) is 0.268. The normalized spacial score (nSPS) is 25.3. The average molecular weight is 84.1 g/mol. The maximum Gasteiger partial charge on any atom is 0.160 e. The van der Waals surface area contributed by atoms with Gasteiger partial charge < -0.3 is 5.31 Å².